The lowest BCUT2D eigenvalue weighted by Crippen LogP contribution is -2.31. The highest BCUT2D eigenvalue weighted by Gasteiger charge is 2.07. The molecular weight excluding hydrogens is 158 g/mol. The summed E-state index contributed by atoms with van der Waals surface area (Å²) in [4.78, 5) is 0. The Morgan fingerprint density at radius 2 is 1.92 bits per heavy atom. The number of nitrogens with one attached hydrogen (secondary N) is 1. The molecule has 13 heavy (non-hydrogen) atoms. The molecule has 1 heterocycles. The summed E-state index contributed by atoms with van der Waals surface area (Å²) < 4.78 is 0. The van der Waals surface area contributed by atoms with Gasteiger partial charge in [-0.2, -0.15) is 0 Å². The zero-order chi connectivity index (χ0) is 9.36. The predicted molar refractivity (Wildman–Crippen MR) is 58.7 cm³/mol. The molecule has 1 aliphatic heterocycles. The molecule has 1 atom stereocenters. The van der Waals surface area contributed by atoms with Gasteiger partial charge >= 0.3 is 0 Å². The molecule has 0 bridgehead atoms. The summed E-state index contributed by atoms with van der Waals surface area (Å²) in [5, 5.41) is 3.47. The van der Waals surface area contributed by atoms with Gasteiger partial charge in [0.05, 0.1) is 0 Å². The highest BCUT2D eigenvalue weighted by molar-refractivity contribution is 5.12. The minimum Gasteiger partial charge on any atom is -0.311 e. The van der Waals surface area contributed by atoms with Gasteiger partial charge in [-0.15, -0.1) is 0 Å². The topological polar surface area (TPSA) is 12.0 Å². The monoisotopic (exact) mass is 177 g/mol. The first-order valence-corrected chi connectivity index (χ1v) is 5.13. The highest BCUT2D eigenvalue weighted by Crippen LogP contribution is 2.07. The molecule has 0 amide bonds. The van der Waals surface area contributed by atoms with E-state index in [4.69, 9.17) is 0 Å². The molecule has 0 radical (unpaired) electrons. The SMILES string of the molecule is CC=CC=CC=CC1CCCCN1. The van der Waals surface area contributed by atoms with Crippen LogP contribution < -0.4 is 5.32 Å². The molecule has 1 heteroatoms. The van der Waals surface area contributed by atoms with Crippen LogP contribution in [0.1, 0.15) is 26.2 Å². The molecule has 0 saturated carbocycles. The molecule has 0 aromatic heterocycles. The molecule has 0 aromatic carbocycles. The standard InChI is InChI=1S/C12H19N/c1-2-3-4-5-6-9-12-10-7-8-11-13-12/h2-6,9,12-13H,7-8,10-11H2,1H3. The third-order valence-electron chi connectivity index (χ3n) is 2.22. The normalized spacial score (nSPS) is 25.2. The summed E-state index contributed by atoms with van der Waals surface area (Å²) >= 11 is 0. The minimum absolute atomic E-state index is 0.601. The van der Waals surface area contributed by atoms with Gasteiger partial charge in [-0.3, -0.25) is 0 Å². The van der Waals surface area contributed by atoms with Crippen LogP contribution >= 0.6 is 0 Å². The van der Waals surface area contributed by atoms with Crippen LogP contribution in [0.2, 0.25) is 0 Å². The molecule has 0 aromatic rings. The predicted octanol–water partition coefficient (Wildman–Crippen LogP) is 2.82. The Hall–Kier alpha value is -0.820. The second-order valence-corrected chi connectivity index (χ2v) is 3.35. The van der Waals surface area contributed by atoms with Crippen molar-refractivity contribution in [1.82, 2.24) is 5.32 Å². The molecule has 0 spiro atoms. The van der Waals surface area contributed by atoms with E-state index in [0.717, 1.165) is 0 Å². The zero-order valence-electron chi connectivity index (χ0n) is 8.37. The number of piperidine rings is 1. The van der Waals surface area contributed by atoms with Crippen LogP contribution in [-0.4, -0.2) is 12.6 Å². The second-order valence-electron chi connectivity index (χ2n) is 3.35. The fraction of sp³-hybridized carbons (Fsp3) is 0.500. The first-order chi connectivity index (χ1) is 6.43. The fourth-order valence-corrected chi connectivity index (χ4v) is 1.48. The van der Waals surface area contributed by atoms with Gasteiger partial charge in [0, 0.05) is 6.04 Å². The molecule has 1 saturated heterocycles. The third-order valence-corrected chi connectivity index (χ3v) is 2.22. The van der Waals surface area contributed by atoms with Gasteiger partial charge in [0.25, 0.3) is 0 Å². The van der Waals surface area contributed by atoms with Crippen molar-refractivity contribution in [2.45, 2.75) is 32.2 Å². The Balaban J connectivity index is 2.21. The van der Waals surface area contributed by atoms with Crippen LogP contribution in [0.4, 0.5) is 0 Å². The van der Waals surface area contributed by atoms with Crippen LogP contribution in [-0.2, 0) is 0 Å². The zero-order valence-corrected chi connectivity index (χ0v) is 8.37. The van der Waals surface area contributed by atoms with Crippen LogP contribution in [0.3, 0.4) is 0 Å². The third kappa shape index (κ3) is 4.69. The van der Waals surface area contributed by atoms with Gasteiger partial charge in [0.15, 0.2) is 0 Å². The van der Waals surface area contributed by atoms with Gasteiger partial charge in [-0.1, -0.05) is 42.9 Å². The maximum absolute atomic E-state index is 3.47. The van der Waals surface area contributed by atoms with E-state index in [1.807, 2.05) is 19.1 Å². The number of hydrogen-bond acceptors (Lipinski definition) is 1. The summed E-state index contributed by atoms with van der Waals surface area (Å²) in [5.74, 6) is 0. The fourth-order valence-electron chi connectivity index (χ4n) is 1.48. The van der Waals surface area contributed by atoms with Crippen molar-refractivity contribution < 1.29 is 0 Å². The van der Waals surface area contributed by atoms with Gasteiger partial charge < -0.3 is 5.32 Å². The van der Waals surface area contributed by atoms with Crippen molar-refractivity contribution in [2.24, 2.45) is 0 Å². The van der Waals surface area contributed by atoms with E-state index >= 15 is 0 Å². The molecule has 1 fully saturated rings. The maximum atomic E-state index is 3.47. The van der Waals surface area contributed by atoms with Gasteiger partial charge in [0.1, 0.15) is 0 Å². The molecule has 1 nitrogen and oxygen atoms in total. The maximum Gasteiger partial charge on any atom is 0.0253 e. The Morgan fingerprint density at radius 3 is 2.62 bits per heavy atom. The first-order valence-electron chi connectivity index (χ1n) is 5.13. The van der Waals surface area contributed by atoms with Crippen molar-refractivity contribution in [3.8, 4) is 0 Å². The van der Waals surface area contributed by atoms with E-state index in [0.29, 0.717) is 6.04 Å². The molecule has 1 unspecified atom stereocenters. The lowest BCUT2D eigenvalue weighted by molar-refractivity contribution is 0.454. The molecule has 72 valence electrons. The summed E-state index contributed by atoms with van der Waals surface area (Å²) in [6, 6.07) is 0.601. The van der Waals surface area contributed by atoms with E-state index < -0.39 is 0 Å². The van der Waals surface area contributed by atoms with E-state index in [1.165, 1.54) is 25.8 Å². The summed E-state index contributed by atoms with van der Waals surface area (Å²) in [5.41, 5.74) is 0. The Labute approximate surface area is 81.2 Å². The van der Waals surface area contributed by atoms with E-state index in [2.05, 4.69) is 29.6 Å². The molecule has 0 aliphatic carbocycles. The number of hydrogen-bond donors (Lipinski definition) is 1. The minimum atomic E-state index is 0.601. The van der Waals surface area contributed by atoms with E-state index in [9.17, 15) is 0 Å². The quantitative estimate of drug-likeness (QED) is 0.654. The van der Waals surface area contributed by atoms with Crippen LogP contribution in [0.5, 0.6) is 0 Å². The van der Waals surface area contributed by atoms with E-state index in [-0.39, 0.29) is 0 Å². The molecule has 1 aliphatic rings. The summed E-state index contributed by atoms with van der Waals surface area (Å²) in [7, 11) is 0. The second kappa shape index (κ2) is 6.67. The molecular formula is C12H19N. The van der Waals surface area contributed by atoms with Crippen molar-refractivity contribution in [2.75, 3.05) is 6.54 Å². The molecule has 1 rings (SSSR count). The van der Waals surface area contributed by atoms with Crippen molar-refractivity contribution >= 4 is 0 Å². The molecule has 1 N–H and O–H groups in total. The Kier molecular flexibility index (Phi) is 5.27. The first kappa shape index (κ1) is 10.3. The Bertz CT molecular complexity index is 195. The number of rotatable bonds is 3. The van der Waals surface area contributed by atoms with Gasteiger partial charge in [-0.05, 0) is 26.3 Å². The van der Waals surface area contributed by atoms with Gasteiger partial charge in [-0.25, -0.2) is 0 Å². The highest BCUT2D eigenvalue weighted by atomic mass is 14.9. The average molecular weight is 177 g/mol. The largest absolute Gasteiger partial charge is 0.311 e. The van der Waals surface area contributed by atoms with E-state index in [1.54, 1.807) is 0 Å². The van der Waals surface area contributed by atoms with Gasteiger partial charge in [0.2, 0.25) is 0 Å². The number of allylic oxidation sites excluding steroid dienone is 5. The Morgan fingerprint density at radius 1 is 1.08 bits per heavy atom. The summed E-state index contributed by atoms with van der Waals surface area (Å²) in [6.45, 7) is 3.20. The van der Waals surface area contributed by atoms with Crippen LogP contribution in [0.15, 0.2) is 36.5 Å². The van der Waals surface area contributed by atoms with Crippen LogP contribution in [0, 0.1) is 0 Å². The van der Waals surface area contributed by atoms with Crippen molar-refractivity contribution in [1.29, 1.82) is 0 Å². The lowest BCUT2D eigenvalue weighted by Gasteiger charge is -2.19. The smallest absolute Gasteiger partial charge is 0.0253 e. The van der Waals surface area contributed by atoms with Crippen molar-refractivity contribution in [3.05, 3.63) is 36.5 Å². The summed E-state index contributed by atoms with van der Waals surface area (Å²) in [6.07, 6.45) is 16.6. The van der Waals surface area contributed by atoms with Crippen LogP contribution in [0.25, 0.3) is 0 Å². The average Bonchev–Trinajstić information content (AvgIpc) is 2.19. The van der Waals surface area contributed by atoms with Crippen molar-refractivity contribution in [3.63, 3.8) is 0 Å². The lowest BCUT2D eigenvalue weighted by atomic mass is 10.0.